The van der Waals surface area contributed by atoms with Gasteiger partial charge in [0.25, 0.3) is 5.91 Å². The SMILES string of the molecule is N#Cc1cc(NC(=S)C(N)=O)ccc1N. The van der Waals surface area contributed by atoms with E-state index in [1.54, 1.807) is 12.1 Å². The highest BCUT2D eigenvalue weighted by atomic mass is 32.1. The van der Waals surface area contributed by atoms with Crippen LogP contribution in [0.4, 0.5) is 11.4 Å². The zero-order chi connectivity index (χ0) is 11.4. The topological polar surface area (TPSA) is 105 Å². The lowest BCUT2D eigenvalue weighted by atomic mass is 10.2. The van der Waals surface area contributed by atoms with Crippen molar-refractivity contribution in [2.75, 3.05) is 11.1 Å². The fourth-order valence-electron chi connectivity index (χ4n) is 0.924. The molecule has 0 atom stereocenters. The van der Waals surface area contributed by atoms with Gasteiger partial charge in [-0.2, -0.15) is 5.26 Å². The molecule has 0 saturated carbocycles. The Morgan fingerprint density at radius 3 is 2.73 bits per heavy atom. The lowest BCUT2D eigenvalue weighted by Crippen LogP contribution is -2.27. The Bertz CT molecular complexity index is 464. The number of nitrogen functional groups attached to an aromatic ring is 1. The number of nitriles is 1. The first kappa shape index (κ1) is 10.9. The highest BCUT2D eigenvalue weighted by molar-refractivity contribution is 7.82. The minimum atomic E-state index is -0.722. The molecule has 0 fully saturated rings. The number of amides is 1. The van der Waals surface area contributed by atoms with E-state index in [1.165, 1.54) is 6.07 Å². The number of benzene rings is 1. The molecule has 1 aromatic carbocycles. The number of carbonyl (C=O) groups is 1. The normalized spacial score (nSPS) is 9.00. The molecular formula is C9H8N4OS. The van der Waals surface area contributed by atoms with E-state index in [9.17, 15) is 4.79 Å². The van der Waals surface area contributed by atoms with Crippen molar-refractivity contribution in [1.29, 1.82) is 5.26 Å². The van der Waals surface area contributed by atoms with Crippen molar-refractivity contribution in [2.24, 2.45) is 5.73 Å². The largest absolute Gasteiger partial charge is 0.398 e. The molecule has 0 aliphatic carbocycles. The van der Waals surface area contributed by atoms with E-state index < -0.39 is 5.91 Å². The summed E-state index contributed by atoms with van der Waals surface area (Å²) >= 11 is 4.67. The Morgan fingerprint density at radius 2 is 2.20 bits per heavy atom. The molecule has 0 aliphatic heterocycles. The van der Waals surface area contributed by atoms with E-state index in [4.69, 9.17) is 16.7 Å². The van der Waals surface area contributed by atoms with Crippen LogP contribution in [0.15, 0.2) is 18.2 Å². The summed E-state index contributed by atoms with van der Waals surface area (Å²) in [5.41, 5.74) is 11.7. The number of carbonyl (C=O) groups excluding carboxylic acids is 1. The molecule has 0 saturated heterocycles. The maximum absolute atomic E-state index is 10.7. The van der Waals surface area contributed by atoms with Gasteiger partial charge in [-0.1, -0.05) is 12.2 Å². The van der Waals surface area contributed by atoms with Gasteiger partial charge in [0, 0.05) is 11.4 Å². The lowest BCUT2D eigenvalue weighted by molar-refractivity contribution is -0.111. The minimum Gasteiger partial charge on any atom is -0.398 e. The van der Waals surface area contributed by atoms with Gasteiger partial charge in [0.15, 0.2) is 4.99 Å². The van der Waals surface area contributed by atoms with Gasteiger partial charge in [-0.15, -0.1) is 0 Å². The number of nitrogens with two attached hydrogens (primary N) is 2. The highest BCUT2D eigenvalue weighted by Crippen LogP contribution is 2.16. The van der Waals surface area contributed by atoms with Crippen molar-refractivity contribution in [2.45, 2.75) is 0 Å². The van der Waals surface area contributed by atoms with Gasteiger partial charge in [0.2, 0.25) is 0 Å². The Kier molecular flexibility index (Phi) is 3.21. The van der Waals surface area contributed by atoms with Crippen molar-refractivity contribution < 1.29 is 4.79 Å². The first-order valence-corrected chi connectivity index (χ1v) is 4.36. The Labute approximate surface area is 91.7 Å². The lowest BCUT2D eigenvalue weighted by Gasteiger charge is -2.05. The van der Waals surface area contributed by atoms with Crippen molar-refractivity contribution in [3.63, 3.8) is 0 Å². The van der Waals surface area contributed by atoms with E-state index in [-0.39, 0.29) is 4.99 Å². The average Bonchev–Trinajstić information content (AvgIpc) is 2.20. The molecule has 6 heteroatoms. The molecule has 0 aromatic heterocycles. The van der Waals surface area contributed by atoms with Crippen molar-refractivity contribution in [3.8, 4) is 6.07 Å². The molecule has 0 radical (unpaired) electrons. The summed E-state index contributed by atoms with van der Waals surface area (Å²) in [6, 6.07) is 6.55. The Balaban J connectivity index is 2.94. The van der Waals surface area contributed by atoms with Gasteiger partial charge < -0.3 is 16.8 Å². The van der Waals surface area contributed by atoms with Gasteiger partial charge in [-0.25, -0.2) is 0 Å². The van der Waals surface area contributed by atoms with Crippen LogP contribution in [0, 0.1) is 11.3 Å². The molecular weight excluding hydrogens is 212 g/mol. The fraction of sp³-hybridized carbons (Fsp3) is 0. The predicted molar refractivity (Wildman–Crippen MR) is 61.0 cm³/mol. The summed E-state index contributed by atoms with van der Waals surface area (Å²) in [6.45, 7) is 0. The molecule has 5 nitrogen and oxygen atoms in total. The van der Waals surface area contributed by atoms with E-state index in [2.05, 4.69) is 17.5 Å². The molecule has 0 heterocycles. The molecule has 76 valence electrons. The second-order valence-electron chi connectivity index (χ2n) is 2.73. The number of anilines is 2. The number of primary amides is 1. The number of nitrogens with one attached hydrogen (secondary N) is 1. The molecule has 1 aromatic rings. The molecule has 0 spiro atoms. The summed E-state index contributed by atoms with van der Waals surface area (Å²) in [7, 11) is 0. The summed E-state index contributed by atoms with van der Waals surface area (Å²) in [6.07, 6.45) is 0. The van der Waals surface area contributed by atoms with E-state index >= 15 is 0 Å². The number of hydrogen-bond acceptors (Lipinski definition) is 4. The molecule has 1 amide bonds. The molecule has 5 N–H and O–H groups in total. The maximum atomic E-state index is 10.7. The van der Waals surface area contributed by atoms with Gasteiger partial charge in [-0.3, -0.25) is 4.79 Å². The monoisotopic (exact) mass is 220 g/mol. The van der Waals surface area contributed by atoms with Gasteiger partial charge in [0.1, 0.15) is 6.07 Å². The van der Waals surface area contributed by atoms with Gasteiger partial charge >= 0.3 is 0 Å². The fourth-order valence-corrected chi connectivity index (χ4v) is 1.04. The van der Waals surface area contributed by atoms with Crippen LogP contribution in [-0.2, 0) is 4.79 Å². The predicted octanol–water partition coefficient (Wildman–Crippen LogP) is 0.365. The smallest absolute Gasteiger partial charge is 0.276 e. The molecule has 0 aliphatic rings. The van der Waals surface area contributed by atoms with Gasteiger partial charge in [0.05, 0.1) is 5.56 Å². The van der Waals surface area contributed by atoms with Crippen LogP contribution in [-0.4, -0.2) is 10.9 Å². The number of nitrogens with zero attached hydrogens (tertiary/aromatic N) is 1. The van der Waals surface area contributed by atoms with Gasteiger partial charge in [-0.05, 0) is 18.2 Å². The van der Waals surface area contributed by atoms with Crippen LogP contribution in [0.3, 0.4) is 0 Å². The highest BCUT2D eigenvalue weighted by Gasteiger charge is 2.05. The second-order valence-corrected chi connectivity index (χ2v) is 3.14. The van der Waals surface area contributed by atoms with E-state index in [1.807, 2.05) is 6.07 Å². The third kappa shape index (κ3) is 2.65. The van der Waals surface area contributed by atoms with Crippen molar-refractivity contribution in [3.05, 3.63) is 23.8 Å². The zero-order valence-corrected chi connectivity index (χ0v) is 8.47. The van der Waals surface area contributed by atoms with Crippen molar-refractivity contribution in [1.82, 2.24) is 0 Å². The number of rotatable bonds is 1. The summed E-state index contributed by atoms with van der Waals surface area (Å²) in [4.78, 5) is 10.5. The van der Waals surface area contributed by atoms with E-state index in [0.717, 1.165) is 0 Å². The molecule has 0 bridgehead atoms. The van der Waals surface area contributed by atoms with E-state index in [0.29, 0.717) is 16.9 Å². The first-order valence-electron chi connectivity index (χ1n) is 3.95. The molecule has 0 unspecified atom stereocenters. The average molecular weight is 220 g/mol. The van der Waals surface area contributed by atoms with Crippen molar-refractivity contribution >= 4 is 34.5 Å². The standard InChI is InChI=1S/C9H8N4OS/c10-4-5-3-6(1-2-7(5)11)13-9(15)8(12)14/h1-3H,11H2,(H2,12,14)(H,13,15). The third-order valence-corrected chi connectivity index (χ3v) is 1.96. The number of thiocarbonyl (C=S) groups is 1. The van der Waals surface area contributed by atoms with Crippen LogP contribution < -0.4 is 16.8 Å². The second kappa shape index (κ2) is 4.39. The summed E-state index contributed by atoms with van der Waals surface area (Å²) in [5.74, 6) is -0.722. The summed E-state index contributed by atoms with van der Waals surface area (Å²) < 4.78 is 0. The first-order chi connectivity index (χ1) is 7.04. The van der Waals surface area contributed by atoms with Crippen LogP contribution in [0.5, 0.6) is 0 Å². The van der Waals surface area contributed by atoms with Crippen LogP contribution in [0.25, 0.3) is 0 Å². The minimum absolute atomic E-state index is 0.108. The molecule has 15 heavy (non-hydrogen) atoms. The Hall–Kier alpha value is -2.13. The molecule has 1 rings (SSSR count). The maximum Gasteiger partial charge on any atom is 0.276 e. The Morgan fingerprint density at radius 1 is 1.53 bits per heavy atom. The van der Waals surface area contributed by atoms with Crippen LogP contribution in [0.2, 0.25) is 0 Å². The summed E-state index contributed by atoms with van der Waals surface area (Å²) in [5, 5.41) is 11.3. The third-order valence-electron chi connectivity index (χ3n) is 1.66. The van der Waals surface area contributed by atoms with Crippen LogP contribution in [0.1, 0.15) is 5.56 Å². The zero-order valence-electron chi connectivity index (χ0n) is 7.65. The van der Waals surface area contributed by atoms with Crippen LogP contribution >= 0.6 is 12.2 Å². The number of hydrogen-bond donors (Lipinski definition) is 3. The quantitative estimate of drug-likeness (QED) is 0.468.